The monoisotopic (exact) mass is 205 g/mol. The van der Waals surface area contributed by atoms with Crippen molar-refractivity contribution in [2.45, 2.75) is 19.6 Å². The molecule has 1 aromatic rings. The highest BCUT2D eigenvalue weighted by molar-refractivity contribution is 5.05. The quantitative estimate of drug-likeness (QED) is 0.811. The summed E-state index contributed by atoms with van der Waals surface area (Å²) in [6.07, 6.45) is -2.85. The van der Waals surface area contributed by atoms with E-state index < -0.39 is 12.7 Å². The number of hydrogen-bond donors (Lipinski definition) is 1. The fourth-order valence-electron chi connectivity index (χ4n) is 0.939. The van der Waals surface area contributed by atoms with E-state index in [0.717, 1.165) is 5.69 Å². The van der Waals surface area contributed by atoms with E-state index in [-0.39, 0.29) is 6.54 Å². The number of nitrogens with one attached hydrogen (secondary N) is 1. The lowest BCUT2D eigenvalue weighted by molar-refractivity contribution is -0.125. The lowest BCUT2D eigenvalue weighted by Gasteiger charge is -2.07. The van der Waals surface area contributed by atoms with Gasteiger partial charge in [0.25, 0.3) is 0 Å². The first-order valence-electron chi connectivity index (χ1n) is 4.02. The van der Waals surface area contributed by atoms with Crippen LogP contribution in [0.15, 0.2) is 12.4 Å². The second kappa shape index (κ2) is 4.36. The second-order valence-corrected chi connectivity index (χ2v) is 2.87. The fraction of sp³-hybridized carbons (Fsp3) is 0.500. The van der Waals surface area contributed by atoms with Crippen molar-refractivity contribution >= 4 is 0 Å². The van der Waals surface area contributed by atoms with Gasteiger partial charge in [0, 0.05) is 12.2 Å². The Kier molecular flexibility index (Phi) is 3.40. The molecule has 1 aromatic heterocycles. The fourth-order valence-corrected chi connectivity index (χ4v) is 0.939. The molecule has 0 aliphatic carbocycles. The molecule has 1 heterocycles. The molecule has 0 saturated carbocycles. The van der Waals surface area contributed by atoms with Crippen LogP contribution in [0.3, 0.4) is 0 Å². The summed E-state index contributed by atoms with van der Waals surface area (Å²) in [6.45, 7) is 0.855. The predicted molar refractivity (Wildman–Crippen MR) is 44.5 cm³/mol. The maximum Gasteiger partial charge on any atom is 0.401 e. The normalized spacial score (nSPS) is 11.7. The van der Waals surface area contributed by atoms with Crippen LogP contribution in [0.25, 0.3) is 0 Å². The van der Waals surface area contributed by atoms with Crippen LogP contribution >= 0.6 is 0 Å². The minimum absolute atomic E-state index is 0.100. The molecule has 0 unspecified atom stereocenters. The van der Waals surface area contributed by atoms with Crippen LogP contribution in [0.1, 0.15) is 11.4 Å². The van der Waals surface area contributed by atoms with Gasteiger partial charge in [0.15, 0.2) is 0 Å². The molecule has 3 nitrogen and oxygen atoms in total. The van der Waals surface area contributed by atoms with Crippen LogP contribution in [0, 0.1) is 6.92 Å². The summed E-state index contributed by atoms with van der Waals surface area (Å²) in [5.74, 6) is 0. The molecular formula is C8H10F3N3. The van der Waals surface area contributed by atoms with E-state index >= 15 is 0 Å². The Labute approximate surface area is 79.4 Å². The molecule has 0 aliphatic heterocycles. The summed E-state index contributed by atoms with van der Waals surface area (Å²) >= 11 is 0. The number of rotatable bonds is 3. The molecule has 0 fully saturated rings. The summed E-state index contributed by atoms with van der Waals surface area (Å²) in [5.41, 5.74) is 1.30. The Balaban J connectivity index is 2.39. The number of halogens is 3. The third-order valence-corrected chi connectivity index (χ3v) is 1.49. The zero-order valence-corrected chi connectivity index (χ0v) is 7.60. The van der Waals surface area contributed by atoms with Crippen LogP contribution in [0.2, 0.25) is 0 Å². The Morgan fingerprint density at radius 3 is 2.64 bits per heavy atom. The number of hydrogen-bond acceptors (Lipinski definition) is 3. The van der Waals surface area contributed by atoms with Gasteiger partial charge in [-0.1, -0.05) is 0 Å². The van der Waals surface area contributed by atoms with Gasteiger partial charge in [-0.3, -0.25) is 0 Å². The molecule has 0 atom stereocenters. The van der Waals surface area contributed by atoms with Gasteiger partial charge >= 0.3 is 6.18 Å². The molecule has 0 aliphatic rings. The molecular weight excluding hydrogens is 195 g/mol. The number of alkyl halides is 3. The standard InChI is InChI=1S/C8H10F3N3/c1-6-2-7(14-5-13-6)3-12-4-8(9,10)11/h2,5,12H,3-4H2,1H3. The van der Waals surface area contributed by atoms with Gasteiger partial charge in [-0.2, -0.15) is 13.2 Å². The van der Waals surface area contributed by atoms with Crippen molar-refractivity contribution in [1.82, 2.24) is 15.3 Å². The van der Waals surface area contributed by atoms with Crippen molar-refractivity contribution < 1.29 is 13.2 Å². The van der Waals surface area contributed by atoms with Crippen molar-refractivity contribution in [2.75, 3.05) is 6.54 Å². The van der Waals surface area contributed by atoms with Gasteiger partial charge in [-0.05, 0) is 13.0 Å². The molecule has 1 N–H and O–H groups in total. The largest absolute Gasteiger partial charge is 0.401 e. The summed E-state index contributed by atoms with van der Waals surface area (Å²) in [6, 6.07) is 1.64. The lowest BCUT2D eigenvalue weighted by Crippen LogP contribution is -2.28. The molecule has 1 rings (SSSR count). The highest BCUT2D eigenvalue weighted by atomic mass is 19.4. The molecule has 0 spiro atoms. The number of aryl methyl sites for hydroxylation is 1. The molecule has 78 valence electrons. The summed E-state index contributed by atoms with van der Waals surface area (Å²) < 4.78 is 35.2. The highest BCUT2D eigenvalue weighted by Crippen LogP contribution is 2.12. The second-order valence-electron chi connectivity index (χ2n) is 2.87. The molecule has 6 heteroatoms. The molecule has 14 heavy (non-hydrogen) atoms. The van der Waals surface area contributed by atoms with E-state index in [2.05, 4.69) is 15.3 Å². The summed E-state index contributed by atoms with van der Waals surface area (Å²) in [5, 5.41) is 2.25. The Morgan fingerprint density at radius 1 is 1.36 bits per heavy atom. The van der Waals surface area contributed by atoms with Crippen LogP contribution in [-0.2, 0) is 6.54 Å². The van der Waals surface area contributed by atoms with Crippen LogP contribution < -0.4 is 5.32 Å². The Morgan fingerprint density at radius 2 is 2.07 bits per heavy atom. The number of nitrogens with zero attached hydrogens (tertiary/aromatic N) is 2. The molecule has 0 radical (unpaired) electrons. The SMILES string of the molecule is Cc1cc(CNCC(F)(F)F)ncn1. The van der Waals surface area contributed by atoms with Crippen molar-refractivity contribution in [3.63, 3.8) is 0 Å². The van der Waals surface area contributed by atoms with E-state index in [1.54, 1.807) is 13.0 Å². The minimum atomic E-state index is -4.18. The van der Waals surface area contributed by atoms with Crippen molar-refractivity contribution in [3.05, 3.63) is 23.8 Å². The lowest BCUT2D eigenvalue weighted by atomic mass is 10.3. The molecule has 0 amide bonds. The van der Waals surface area contributed by atoms with Gasteiger partial charge < -0.3 is 5.32 Å². The zero-order chi connectivity index (χ0) is 10.6. The third kappa shape index (κ3) is 4.18. The Hall–Kier alpha value is -1.17. The van der Waals surface area contributed by atoms with Gasteiger partial charge in [-0.25, -0.2) is 9.97 Å². The van der Waals surface area contributed by atoms with Crippen LogP contribution in [0.4, 0.5) is 13.2 Å². The van der Waals surface area contributed by atoms with Gasteiger partial charge in [0.05, 0.1) is 12.2 Å². The smallest absolute Gasteiger partial charge is 0.303 e. The van der Waals surface area contributed by atoms with Crippen molar-refractivity contribution in [1.29, 1.82) is 0 Å². The van der Waals surface area contributed by atoms with E-state index in [1.165, 1.54) is 6.33 Å². The van der Waals surface area contributed by atoms with Crippen LogP contribution in [-0.4, -0.2) is 22.7 Å². The maximum absolute atomic E-state index is 11.7. The average Bonchev–Trinajstić information content (AvgIpc) is 2.01. The first-order chi connectivity index (χ1) is 6.47. The summed E-state index contributed by atoms with van der Waals surface area (Å²) in [4.78, 5) is 7.65. The summed E-state index contributed by atoms with van der Waals surface area (Å²) in [7, 11) is 0. The van der Waals surface area contributed by atoms with Crippen molar-refractivity contribution in [3.8, 4) is 0 Å². The maximum atomic E-state index is 11.7. The molecule has 0 aromatic carbocycles. The Bertz CT molecular complexity index is 298. The highest BCUT2D eigenvalue weighted by Gasteiger charge is 2.26. The number of aromatic nitrogens is 2. The molecule has 0 bridgehead atoms. The van der Waals surface area contributed by atoms with E-state index in [4.69, 9.17) is 0 Å². The van der Waals surface area contributed by atoms with Crippen molar-refractivity contribution in [2.24, 2.45) is 0 Å². The third-order valence-electron chi connectivity index (χ3n) is 1.49. The van der Waals surface area contributed by atoms with Gasteiger partial charge in [-0.15, -0.1) is 0 Å². The first-order valence-corrected chi connectivity index (χ1v) is 4.02. The topological polar surface area (TPSA) is 37.8 Å². The average molecular weight is 205 g/mol. The minimum Gasteiger partial charge on any atom is -0.303 e. The van der Waals surface area contributed by atoms with E-state index in [9.17, 15) is 13.2 Å². The van der Waals surface area contributed by atoms with E-state index in [0.29, 0.717) is 5.69 Å². The van der Waals surface area contributed by atoms with E-state index in [1.807, 2.05) is 0 Å². The molecule has 0 saturated heterocycles. The van der Waals surface area contributed by atoms with Gasteiger partial charge in [0.1, 0.15) is 6.33 Å². The zero-order valence-electron chi connectivity index (χ0n) is 7.60. The van der Waals surface area contributed by atoms with Gasteiger partial charge in [0.2, 0.25) is 0 Å². The predicted octanol–water partition coefficient (Wildman–Crippen LogP) is 1.44. The van der Waals surface area contributed by atoms with Crippen LogP contribution in [0.5, 0.6) is 0 Å². The first kappa shape index (κ1) is 10.9.